The van der Waals surface area contributed by atoms with Crippen LogP contribution in [0.15, 0.2) is 4.99 Å². The summed E-state index contributed by atoms with van der Waals surface area (Å²) in [5.74, 6) is 0.543. The van der Waals surface area contributed by atoms with Crippen LogP contribution < -0.4 is 10.6 Å². The molecule has 1 heterocycles. The van der Waals surface area contributed by atoms with E-state index in [0.29, 0.717) is 32.7 Å². The van der Waals surface area contributed by atoms with Crippen LogP contribution in [0.25, 0.3) is 0 Å². The molecule has 1 fully saturated rings. The number of carbonyl (C=O) groups is 2. The van der Waals surface area contributed by atoms with Crippen molar-refractivity contribution >= 4 is 17.8 Å². The molecule has 23 heavy (non-hydrogen) atoms. The second-order valence-electron chi connectivity index (χ2n) is 5.61. The van der Waals surface area contributed by atoms with Crippen molar-refractivity contribution in [1.82, 2.24) is 15.5 Å². The third-order valence-corrected chi connectivity index (χ3v) is 3.76. The van der Waals surface area contributed by atoms with Gasteiger partial charge in [0.15, 0.2) is 5.96 Å². The van der Waals surface area contributed by atoms with Crippen LogP contribution in [0.2, 0.25) is 0 Å². The number of nitrogens with one attached hydrogen (secondary N) is 2. The molecule has 132 valence electrons. The Hall–Kier alpha value is -1.79. The summed E-state index contributed by atoms with van der Waals surface area (Å²) >= 11 is 0. The summed E-state index contributed by atoms with van der Waals surface area (Å²) in [5, 5.41) is 6.05. The number of ether oxygens (including phenoxy) is 1. The molecule has 0 saturated carbocycles. The first-order chi connectivity index (χ1) is 11.1. The molecular formula is C16H30N4O3. The number of aliphatic imine (C=N–C) groups is 1. The molecule has 0 aliphatic carbocycles. The molecular weight excluding hydrogens is 296 g/mol. The van der Waals surface area contributed by atoms with E-state index in [9.17, 15) is 9.59 Å². The smallest absolute Gasteiger partial charge is 0.310 e. The van der Waals surface area contributed by atoms with Crippen molar-refractivity contribution in [2.75, 3.05) is 39.8 Å². The van der Waals surface area contributed by atoms with Crippen molar-refractivity contribution in [1.29, 1.82) is 0 Å². The molecule has 1 unspecified atom stereocenters. The highest BCUT2D eigenvalue weighted by atomic mass is 16.5. The monoisotopic (exact) mass is 326 g/mol. The SMILES string of the molecule is CCCNC(=O)CCNC(=NC)N1CCCC(C(=O)OCC)C1. The van der Waals surface area contributed by atoms with E-state index in [4.69, 9.17) is 4.74 Å². The molecule has 1 saturated heterocycles. The Morgan fingerprint density at radius 3 is 2.70 bits per heavy atom. The summed E-state index contributed by atoms with van der Waals surface area (Å²) < 4.78 is 5.11. The van der Waals surface area contributed by atoms with Crippen molar-refractivity contribution in [2.45, 2.75) is 39.5 Å². The van der Waals surface area contributed by atoms with Crippen molar-refractivity contribution in [3.63, 3.8) is 0 Å². The molecule has 0 aromatic heterocycles. The van der Waals surface area contributed by atoms with E-state index in [-0.39, 0.29) is 17.8 Å². The molecule has 1 amide bonds. The van der Waals surface area contributed by atoms with Gasteiger partial charge in [-0.25, -0.2) is 0 Å². The van der Waals surface area contributed by atoms with Gasteiger partial charge < -0.3 is 20.3 Å². The molecule has 7 nitrogen and oxygen atoms in total. The number of rotatable bonds is 7. The highest BCUT2D eigenvalue weighted by molar-refractivity contribution is 5.82. The van der Waals surface area contributed by atoms with Gasteiger partial charge in [-0.15, -0.1) is 0 Å². The quantitative estimate of drug-likeness (QED) is 0.410. The first-order valence-electron chi connectivity index (χ1n) is 8.51. The van der Waals surface area contributed by atoms with Gasteiger partial charge >= 0.3 is 5.97 Å². The lowest BCUT2D eigenvalue weighted by atomic mass is 9.98. The Kier molecular flexibility index (Phi) is 9.09. The van der Waals surface area contributed by atoms with Gasteiger partial charge in [0.2, 0.25) is 5.91 Å². The largest absolute Gasteiger partial charge is 0.466 e. The number of nitrogens with zero attached hydrogens (tertiary/aromatic N) is 2. The number of piperidine rings is 1. The standard InChI is InChI=1S/C16H30N4O3/c1-4-9-18-14(21)8-10-19-16(17-3)20-11-6-7-13(12-20)15(22)23-5-2/h13H,4-12H2,1-3H3,(H,17,19)(H,18,21). The number of carbonyl (C=O) groups excluding carboxylic acids is 2. The average Bonchev–Trinajstić information content (AvgIpc) is 2.57. The number of amides is 1. The van der Waals surface area contributed by atoms with Gasteiger partial charge in [-0.2, -0.15) is 0 Å². The summed E-state index contributed by atoms with van der Waals surface area (Å²) in [5.41, 5.74) is 0. The van der Waals surface area contributed by atoms with Crippen LogP contribution >= 0.6 is 0 Å². The summed E-state index contributed by atoms with van der Waals surface area (Å²) in [6, 6.07) is 0. The predicted octanol–water partition coefficient (Wildman–Crippen LogP) is 0.753. The molecule has 0 radical (unpaired) electrons. The lowest BCUT2D eigenvalue weighted by Crippen LogP contribution is -2.48. The number of esters is 1. The van der Waals surface area contributed by atoms with Gasteiger partial charge in [0.1, 0.15) is 0 Å². The zero-order chi connectivity index (χ0) is 17.1. The third-order valence-electron chi connectivity index (χ3n) is 3.76. The van der Waals surface area contributed by atoms with Crippen molar-refractivity contribution in [2.24, 2.45) is 10.9 Å². The lowest BCUT2D eigenvalue weighted by molar-refractivity contribution is -0.149. The van der Waals surface area contributed by atoms with E-state index < -0.39 is 0 Å². The fraction of sp³-hybridized carbons (Fsp3) is 0.812. The van der Waals surface area contributed by atoms with Crippen molar-refractivity contribution in [3.05, 3.63) is 0 Å². The second-order valence-corrected chi connectivity index (χ2v) is 5.61. The first-order valence-corrected chi connectivity index (χ1v) is 8.51. The maximum atomic E-state index is 11.9. The minimum absolute atomic E-state index is 0.0397. The molecule has 7 heteroatoms. The Morgan fingerprint density at radius 1 is 1.26 bits per heavy atom. The van der Waals surface area contributed by atoms with E-state index >= 15 is 0 Å². The minimum Gasteiger partial charge on any atom is -0.466 e. The Labute approximate surface area is 138 Å². The molecule has 0 bridgehead atoms. The summed E-state index contributed by atoms with van der Waals surface area (Å²) in [4.78, 5) is 29.8. The van der Waals surface area contributed by atoms with Crippen LogP contribution in [-0.4, -0.2) is 62.6 Å². The molecule has 1 aliphatic heterocycles. The van der Waals surface area contributed by atoms with E-state index in [0.717, 1.165) is 31.8 Å². The van der Waals surface area contributed by atoms with Gasteiger partial charge in [-0.1, -0.05) is 6.92 Å². The van der Waals surface area contributed by atoms with Gasteiger partial charge in [0, 0.05) is 39.6 Å². The summed E-state index contributed by atoms with van der Waals surface area (Å²) in [6.07, 6.45) is 3.13. The first kappa shape index (κ1) is 19.3. The maximum absolute atomic E-state index is 11.9. The van der Waals surface area contributed by atoms with Crippen molar-refractivity contribution in [3.8, 4) is 0 Å². The lowest BCUT2D eigenvalue weighted by Gasteiger charge is -2.33. The topological polar surface area (TPSA) is 83.0 Å². The molecule has 0 aromatic rings. The molecule has 1 aliphatic rings. The zero-order valence-corrected chi connectivity index (χ0v) is 14.6. The Balaban J connectivity index is 2.41. The molecule has 0 spiro atoms. The van der Waals surface area contributed by atoms with Crippen LogP contribution in [0.4, 0.5) is 0 Å². The normalized spacial score (nSPS) is 18.5. The van der Waals surface area contributed by atoms with E-state index in [1.807, 2.05) is 13.8 Å². The number of likely N-dealkylation sites (tertiary alicyclic amines) is 1. The fourth-order valence-corrected chi connectivity index (χ4v) is 2.59. The Morgan fingerprint density at radius 2 is 2.04 bits per heavy atom. The van der Waals surface area contributed by atoms with Crippen molar-refractivity contribution < 1.29 is 14.3 Å². The molecule has 0 aromatic carbocycles. The van der Waals surface area contributed by atoms with Crippen LogP contribution in [0.1, 0.15) is 39.5 Å². The van der Waals surface area contributed by atoms with Crippen LogP contribution in [0, 0.1) is 5.92 Å². The maximum Gasteiger partial charge on any atom is 0.310 e. The summed E-state index contributed by atoms with van der Waals surface area (Å²) in [6.45, 7) is 6.97. The van der Waals surface area contributed by atoms with Gasteiger partial charge in [-0.3, -0.25) is 14.6 Å². The van der Waals surface area contributed by atoms with Gasteiger partial charge in [0.05, 0.1) is 12.5 Å². The molecule has 1 atom stereocenters. The Bertz CT molecular complexity index is 412. The predicted molar refractivity (Wildman–Crippen MR) is 90.2 cm³/mol. The second kappa shape index (κ2) is 10.9. The number of guanidine groups is 1. The summed E-state index contributed by atoms with van der Waals surface area (Å²) in [7, 11) is 1.72. The minimum atomic E-state index is -0.133. The van der Waals surface area contributed by atoms with Crippen LogP contribution in [0.5, 0.6) is 0 Å². The van der Waals surface area contributed by atoms with E-state index in [1.54, 1.807) is 7.05 Å². The van der Waals surface area contributed by atoms with Gasteiger partial charge in [0.25, 0.3) is 0 Å². The highest BCUT2D eigenvalue weighted by Gasteiger charge is 2.28. The highest BCUT2D eigenvalue weighted by Crippen LogP contribution is 2.18. The average molecular weight is 326 g/mol. The van der Waals surface area contributed by atoms with Crippen LogP contribution in [0.3, 0.4) is 0 Å². The number of hydrogen-bond donors (Lipinski definition) is 2. The molecule has 1 rings (SSSR count). The van der Waals surface area contributed by atoms with E-state index in [2.05, 4.69) is 20.5 Å². The zero-order valence-electron chi connectivity index (χ0n) is 14.6. The third kappa shape index (κ3) is 6.88. The molecule has 2 N–H and O–H groups in total. The van der Waals surface area contributed by atoms with Crippen LogP contribution in [-0.2, 0) is 14.3 Å². The number of hydrogen-bond acceptors (Lipinski definition) is 4. The fourth-order valence-electron chi connectivity index (χ4n) is 2.59. The van der Waals surface area contributed by atoms with Gasteiger partial charge in [-0.05, 0) is 26.2 Å². The van der Waals surface area contributed by atoms with E-state index in [1.165, 1.54) is 0 Å².